The predicted octanol–water partition coefficient (Wildman–Crippen LogP) is 1.10. The van der Waals surface area contributed by atoms with E-state index in [4.69, 9.17) is 10.8 Å². The Morgan fingerprint density at radius 2 is 2.18 bits per heavy atom. The van der Waals surface area contributed by atoms with Crippen molar-refractivity contribution in [2.45, 2.75) is 0 Å². The summed E-state index contributed by atoms with van der Waals surface area (Å²) in [6.07, 6.45) is 0. The maximum atomic E-state index is 10.7. The molecule has 0 spiro atoms. The van der Waals surface area contributed by atoms with E-state index in [-0.39, 0.29) is 11.3 Å². The number of nitrogens with two attached hydrogens (primary N) is 1. The Kier molecular flexibility index (Phi) is 2.33. The van der Waals surface area contributed by atoms with Crippen molar-refractivity contribution in [2.24, 2.45) is 5.73 Å². The second-order valence-corrected chi connectivity index (χ2v) is 3.16. The van der Waals surface area contributed by atoms with Gasteiger partial charge in [0.2, 0.25) is 0 Å². The van der Waals surface area contributed by atoms with E-state index >= 15 is 0 Å². The van der Waals surface area contributed by atoms with Crippen LogP contribution in [0.2, 0.25) is 0 Å². The lowest BCUT2D eigenvalue weighted by atomic mass is 10.2. The number of carbonyl (C=O) groups excluding carboxylic acids is 1. The molecule has 0 unspecified atom stereocenters. The molecule has 1 aromatic carbocycles. The summed E-state index contributed by atoms with van der Waals surface area (Å²) in [7, 11) is 0. The average molecular weight is 263 g/mol. The first kappa shape index (κ1) is 8.32. The fourth-order valence-corrected chi connectivity index (χ4v) is 1.51. The molecule has 0 saturated carbocycles. The third kappa shape index (κ3) is 1.62. The number of halogens is 1. The third-order valence-electron chi connectivity index (χ3n) is 1.24. The number of phenols is 1. The smallest absolute Gasteiger partial charge is 0.253 e. The summed E-state index contributed by atoms with van der Waals surface area (Å²) < 4.78 is 0.662. The molecule has 0 aromatic heterocycles. The third-order valence-corrected chi connectivity index (χ3v) is 2.14. The summed E-state index contributed by atoms with van der Waals surface area (Å²) in [4.78, 5) is 10.7. The molecule has 0 fully saturated rings. The molecule has 11 heavy (non-hydrogen) atoms. The minimum atomic E-state index is -0.604. The van der Waals surface area contributed by atoms with Crippen molar-refractivity contribution < 1.29 is 9.90 Å². The van der Waals surface area contributed by atoms with E-state index < -0.39 is 5.91 Å². The summed E-state index contributed by atoms with van der Waals surface area (Å²) in [5, 5.41) is 9.16. The molecule has 1 aromatic rings. The monoisotopic (exact) mass is 263 g/mol. The van der Waals surface area contributed by atoms with Gasteiger partial charge in [0.15, 0.2) is 0 Å². The van der Waals surface area contributed by atoms with E-state index in [9.17, 15) is 4.79 Å². The molecule has 1 amide bonds. The second kappa shape index (κ2) is 3.08. The number of hydrogen-bond acceptors (Lipinski definition) is 2. The lowest BCUT2D eigenvalue weighted by Crippen LogP contribution is -2.12. The minimum Gasteiger partial charge on any atom is -0.507 e. The van der Waals surface area contributed by atoms with Crippen LogP contribution in [0.4, 0.5) is 0 Å². The molecule has 0 aliphatic carbocycles. The Labute approximate surface area is 77.4 Å². The number of benzene rings is 1. The van der Waals surface area contributed by atoms with Crippen LogP contribution in [-0.2, 0) is 0 Å². The summed E-state index contributed by atoms with van der Waals surface area (Å²) in [5.74, 6) is -0.670. The van der Waals surface area contributed by atoms with E-state index in [1.54, 1.807) is 12.1 Å². The largest absolute Gasteiger partial charge is 0.507 e. The molecular weight excluding hydrogens is 257 g/mol. The summed E-state index contributed by atoms with van der Waals surface area (Å²) >= 11 is 1.94. The van der Waals surface area contributed by atoms with Gasteiger partial charge in [-0.15, -0.1) is 0 Å². The maximum absolute atomic E-state index is 10.7. The molecule has 0 radical (unpaired) electrons. The Morgan fingerprint density at radius 1 is 1.55 bits per heavy atom. The molecule has 0 bridgehead atoms. The van der Waals surface area contributed by atoms with E-state index in [1.165, 1.54) is 6.07 Å². The molecule has 3 nitrogen and oxygen atoms in total. The number of rotatable bonds is 1. The standard InChI is InChI=1S/C7H6INO2/c8-4-2-1-3-5(10)6(4)7(9)11/h1-3,10H,(H2,9,11). The van der Waals surface area contributed by atoms with Crippen molar-refractivity contribution in [3.63, 3.8) is 0 Å². The number of carbonyl (C=O) groups is 1. The van der Waals surface area contributed by atoms with E-state index in [2.05, 4.69) is 0 Å². The van der Waals surface area contributed by atoms with Gasteiger partial charge in [0.25, 0.3) is 5.91 Å². The Hall–Kier alpha value is -0.780. The van der Waals surface area contributed by atoms with Crippen molar-refractivity contribution >= 4 is 28.5 Å². The van der Waals surface area contributed by atoms with Crippen LogP contribution in [0.25, 0.3) is 0 Å². The highest BCUT2D eigenvalue weighted by molar-refractivity contribution is 14.1. The molecule has 4 heteroatoms. The quantitative estimate of drug-likeness (QED) is 0.745. The van der Waals surface area contributed by atoms with Crippen molar-refractivity contribution in [1.82, 2.24) is 0 Å². The van der Waals surface area contributed by atoms with Gasteiger partial charge in [-0.3, -0.25) is 4.79 Å². The Bertz CT molecular complexity index is 278. The SMILES string of the molecule is NC(=O)c1c(O)cccc1I. The summed E-state index contributed by atoms with van der Waals surface area (Å²) in [6.45, 7) is 0. The topological polar surface area (TPSA) is 63.3 Å². The molecule has 0 aliphatic heterocycles. The Balaban J connectivity index is 3.32. The number of primary amides is 1. The summed E-state index contributed by atoms with van der Waals surface area (Å²) in [6, 6.07) is 4.80. The molecular formula is C7H6INO2. The fourth-order valence-electron chi connectivity index (χ4n) is 0.757. The van der Waals surface area contributed by atoms with Crippen LogP contribution >= 0.6 is 22.6 Å². The van der Waals surface area contributed by atoms with Crippen LogP contribution in [-0.4, -0.2) is 11.0 Å². The predicted molar refractivity (Wildman–Crippen MR) is 49.3 cm³/mol. The zero-order valence-electron chi connectivity index (χ0n) is 5.54. The van der Waals surface area contributed by atoms with Gasteiger partial charge in [-0.25, -0.2) is 0 Å². The first-order valence-corrected chi connectivity index (χ1v) is 3.98. The first-order chi connectivity index (χ1) is 5.13. The lowest BCUT2D eigenvalue weighted by molar-refractivity contribution is 0.0997. The minimum absolute atomic E-state index is 0.0654. The fraction of sp³-hybridized carbons (Fsp3) is 0. The Morgan fingerprint density at radius 3 is 2.55 bits per heavy atom. The van der Waals surface area contributed by atoms with E-state index in [0.29, 0.717) is 3.57 Å². The molecule has 3 N–H and O–H groups in total. The number of aromatic hydroxyl groups is 1. The van der Waals surface area contributed by atoms with Gasteiger partial charge in [0.05, 0.1) is 5.56 Å². The lowest BCUT2D eigenvalue weighted by Gasteiger charge is -2.00. The van der Waals surface area contributed by atoms with Gasteiger partial charge in [0, 0.05) is 3.57 Å². The van der Waals surface area contributed by atoms with Gasteiger partial charge < -0.3 is 10.8 Å². The van der Waals surface area contributed by atoms with Crippen molar-refractivity contribution in [2.75, 3.05) is 0 Å². The van der Waals surface area contributed by atoms with Crippen LogP contribution in [0.1, 0.15) is 10.4 Å². The van der Waals surface area contributed by atoms with Crippen LogP contribution in [0, 0.1) is 3.57 Å². The van der Waals surface area contributed by atoms with Crippen LogP contribution in [0.5, 0.6) is 5.75 Å². The average Bonchev–Trinajstić information content (AvgIpc) is 1.85. The zero-order valence-corrected chi connectivity index (χ0v) is 7.70. The van der Waals surface area contributed by atoms with Crippen LogP contribution < -0.4 is 5.73 Å². The van der Waals surface area contributed by atoms with Gasteiger partial charge in [-0.2, -0.15) is 0 Å². The molecule has 58 valence electrons. The maximum Gasteiger partial charge on any atom is 0.253 e. The highest BCUT2D eigenvalue weighted by Crippen LogP contribution is 2.21. The van der Waals surface area contributed by atoms with E-state index in [0.717, 1.165) is 0 Å². The highest BCUT2D eigenvalue weighted by Gasteiger charge is 2.09. The molecule has 1 rings (SSSR count). The van der Waals surface area contributed by atoms with Crippen molar-refractivity contribution in [3.8, 4) is 5.75 Å². The van der Waals surface area contributed by atoms with Crippen molar-refractivity contribution in [3.05, 3.63) is 27.3 Å². The van der Waals surface area contributed by atoms with Crippen LogP contribution in [0.15, 0.2) is 18.2 Å². The highest BCUT2D eigenvalue weighted by atomic mass is 127. The number of hydrogen-bond donors (Lipinski definition) is 2. The van der Waals surface area contributed by atoms with E-state index in [1.807, 2.05) is 22.6 Å². The van der Waals surface area contributed by atoms with Gasteiger partial charge in [-0.1, -0.05) is 6.07 Å². The van der Waals surface area contributed by atoms with Gasteiger partial charge in [-0.05, 0) is 34.7 Å². The zero-order chi connectivity index (χ0) is 8.43. The van der Waals surface area contributed by atoms with Crippen LogP contribution in [0.3, 0.4) is 0 Å². The molecule has 0 saturated heterocycles. The molecule has 0 aliphatic rings. The van der Waals surface area contributed by atoms with Gasteiger partial charge in [0.1, 0.15) is 5.75 Å². The summed E-state index contributed by atoms with van der Waals surface area (Å²) in [5.41, 5.74) is 5.20. The number of amides is 1. The molecule has 0 atom stereocenters. The second-order valence-electron chi connectivity index (χ2n) is 2.00. The van der Waals surface area contributed by atoms with Crippen molar-refractivity contribution in [1.29, 1.82) is 0 Å². The molecule has 0 heterocycles. The first-order valence-electron chi connectivity index (χ1n) is 2.90. The normalized spacial score (nSPS) is 9.55. The van der Waals surface area contributed by atoms with Gasteiger partial charge >= 0.3 is 0 Å².